The number of hydrogen-bond donors (Lipinski definition) is 1. The number of amides is 1. The average molecular weight is 418 g/mol. The summed E-state index contributed by atoms with van der Waals surface area (Å²) in [5.41, 5.74) is -0.737. The smallest absolute Gasteiger partial charge is 0.319 e. The predicted octanol–water partition coefficient (Wildman–Crippen LogP) is 5.08. The van der Waals surface area contributed by atoms with E-state index in [9.17, 15) is 22.4 Å². The van der Waals surface area contributed by atoms with Crippen molar-refractivity contribution in [2.75, 3.05) is 5.32 Å². The van der Waals surface area contributed by atoms with Crippen molar-refractivity contribution < 1.29 is 22.4 Å². The third-order valence-corrected chi connectivity index (χ3v) is 5.03. The number of alkyl halides is 3. The minimum absolute atomic E-state index is 0.138. The Balaban J connectivity index is 1.62. The van der Waals surface area contributed by atoms with Crippen LogP contribution in [0.25, 0.3) is 11.4 Å². The number of carbonyl (C=O) groups excluding carboxylic acids is 1. The molecule has 0 spiro atoms. The number of anilines is 1. The van der Waals surface area contributed by atoms with Crippen LogP contribution in [0.5, 0.6) is 0 Å². The molecule has 4 rings (SSSR count). The van der Waals surface area contributed by atoms with Crippen molar-refractivity contribution in [3.8, 4) is 11.4 Å². The molecule has 9 heteroatoms. The molecule has 1 aliphatic heterocycles. The highest BCUT2D eigenvalue weighted by Crippen LogP contribution is 2.30. The molecule has 2 heterocycles. The Morgan fingerprint density at radius 1 is 1.03 bits per heavy atom. The number of carbonyl (C=O) groups is 1. The number of nitrogens with one attached hydrogen (secondary N) is 1. The molecule has 0 saturated carbocycles. The van der Waals surface area contributed by atoms with Crippen LogP contribution < -0.4 is 5.32 Å². The highest BCUT2D eigenvalue weighted by molar-refractivity contribution is 6.04. The van der Waals surface area contributed by atoms with Gasteiger partial charge in [0, 0.05) is 24.1 Å². The van der Waals surface area contributed by atoms with Crippen LogP contribution in [0.3, 0.4) is 0 Å². The van der Waals surface area contributed by atoms with Crippen LogP contribution >= 0.6 is 0 Å². The SMILES string of the molecule is O=C(Nc1cc(-c2nnc3n2CCCCC3)ccc1F)c1cccc(C(F)(F)F)c1. The summed E-state index contributed by atoms with van der Waals surface area (Å²) in [7, 11) is 0. The first-order chi connectivity index (χ1) is 14.3. The van der Waals surface area contributed by atoms with E-state index in [1.54, 1.807) is 0 Å². The highest BCUT2D eigenvalue weighted by Gasteiger charge is 2.31. The minimum atomic E-state index is -4.58. The molecule has 2 aromatic carbocycles. The van der Waals surface area contributed by atoms with Crippen molar-refractivity contribution in [1.82, 2.24) is 14.8 Å². The average Bonchev–Trinajstić information content (AvgIpc) is 2.97. The van der Waals surface area contributed by atoms with Crippen molar-refractivity contribution in [2.45, 2.75) is 38.4 Å². The summed E-state index contributed by atoms with van der Waals surface area (Å²) in [6.07, 6.45) is -0.664. The third-order valence-electron chi connectivity index (χ3n) is 5.03. The fraction of sp³-hybridized carbons (Fsp3) is 0.286. The standard InChI is InChI=1S/C21H18F4N4O/c22-16-9-8-13(19-28-27-18-7-2-1-3-10-29(18)19)12-17(16)26-20(30)14-5-4-6-15(11-14)21(23,24)25/h4-6,8-9,11-12H,1-3,7,10H2,(H,26,30). The summed E-state index contributed by atoms with van der Waals surface area (Å²) < 4.78 is 55.0. The van der Waals surface area contributed by atoms with Gasteiger partial charge in [0.15, 0.2) is 5.82 Å². The summed E-state index contributed by atoms with van der Waals surface area (Å²) in [6.45, 7) is 0.751. The van der Waals surface area contributed by atoms with Gasteiger partial charge in [-0.1, -0.05) is 12.5 Å². The van der Waals surface area contributed by atoms with Gasteiger partial charge in [-0.15, -0.1) is 10.2 Å². The Labute approximate surface area is 169 Å². The van der Waals surface area contributed by atoms with Gasteiger partial charge in [-0.3, -0.25) is 4.79 Å². The maximum Gasteiger partial charge on any atom is 0.416 e. The topological polar surface area (TPSA) is 59.8 Å². The Bertz CT molecular complexity index is 1090. The number of hydrogen-bond acceptors (Lipinski definition) is 3. The summed E-state index contributed by atoms with van der Waals surface area (Å²) in [5.74, 6) is -0.102. The predicted molar refractivity (Wildman–Crippen MR) is 102 cm³/mol. The van der Waals surface area contributed by atoms with E-state index >= 15 is 0 Å². The van der Waals surface area contributed by atoms with Gasteiger partial charge in [-0.2, -0.15) is 13.2 Å². The number of rotatable bonds is 3. The third kappa shape index (κ3) is 4.05. The monoisotopic (exact) mass is 418 g/mol. The van der Waals surface area contributed by atoms with Crippen molar-refractivity contribution in [1.29, 1.82) is 0 Å². The fourth-order valence-electron chi connectivity index (χ4n) is 3.49. The zero-order valence-electron chi connectivity index (χ0n) is 15.8. The van der Waals surface area contributed by atoms with Crippen LogP contribution in [0.2, 0.25) is 0 Å². The van der Waals surface area contributed by atoms with E-state index < -0.39 is 23.5 Å². The number of nitrogens with zero attached hydrogens (tertiary/aromatic N) is 3. The van der Waals surface area contributed by atoms with Crippen LogP contribution in [0.1, 0.15) is 41.0 Å². The van der Waals surface area contributed by atoms with Crippen molar-refractivity contribution in [3.63, 3.8) is 0 Å². The minimum Gasteiger partial charge on any atom is -0.319 e. The zero-order valence-corrected chi connectivity index (χ0v) is 15.8. The van der Waals surface area contributed by atoms with Crippen LogP contribution in [-0.2, 0) is 19.1 Å². The van der Waals surface area contributed by atoms with Gasteiger partial charge in [0.05, 0.1) is 11.3 Å². The summed E-state index contributed by atoms with van der Waals surface area (Å²) in [5, 5.41) is 10.8. The van der Waals surface area contributed by atoms with Gasteiger partial charge >= 0.3 is 6.18 Å². The fourth-order valence-corrected chi connectivity index (χ4v) is 3.49. The number of fused-ring (bicyclic) bond motifs is 1. The van der Waals surface area contributed by atoms with E-state index in [0.29, 0.717) is 11.4 Å². The molecule has 1 aliphatic rings. The molecule has 1 amide bonds. The first-order valence-electron chi connectivity index (χ1n) is 9.53. The molecule has 0 atom stereocenters. The maximum absolute atomic E-state index is 14.3. The Morgan fingerprint density at radius 3 is 2.67 bits per heavy atom. The molecule has 156 valence electrons. The molecule has 5 nitrogen and oxygen atoms in total. The second-order valence-electron chi connectivity index (χ2n) is 7.13. The molecule has 0 unspecified atom stereocenters. The largest absolute Gasteiger partial charge is 0.416 e. The highest BCUT2D eigenvalue weighted by atomic mass is 19.4. The van der Waals surface area contributed by atoms with Gasteiger partial charge in [-0.25, -0.2) is 4.39 Å². The van der Waals surface area contributed by atoms with Crippen molar-refractivity contribution >= 4 is 11.6 Å². The van der Waals surface area contributed by atoms with E-state index in [4.69, 9.17) is 0 Å². The van der Waals surface area contributed by atoms with E-state index in [1.165, 1.54) is 24.3 Å². The number of halogens is 4. The molecule has 30 heavy (non-hydrogen) atoms. The van der Waals surface area contributed by atoms with Crippen LogP contribution in [-0.4, -0.2) is 20.7 Å². The van der Waals surface area contributed by atoms with E-state index in [2.05, 4.69) is 15.5 Å². The van der Waals surface area contributed by atoms with Crippen molar-refractivity contribution in [3.05, 3.63) is 65.2 Å². The molecule has 0 radical (unpaired) electrons. The molecule has 0 fully saturated rings. The molecule has 3 aromatic rings. The van der Waals surface area contributed by atoms with Gasteiger partial charge in [0.1, 0.15) is 11.6 Å². The quantitative estimate of drug-likeness (QED) is 0.604. The summed E-state index contributed by atoms with van der Waals surface area (Å²) in [6, 6.07) is 8.13. The molecule has 0 bridgehead atoms. The lowest BCUT2D eigenvalue weighted by atomic mass is 10.1. The Kier molecular flexibility index (Phi) is 5.27. The first kappa shape index (κ1) is 20.1. The van der Waals surface area contributed by atoms with Crippen LogP contribution in [0.4, 0.5) is 23.2 Å². The Morgan fingerprint density at radius 2 is 1.87 bits per heavy atom. The Hall–Kier alpha value is -3.23. The summed E-state index contributed by atoms with van der Waals surface area (Å²) >= 11 is 0. The lowest BCUT2D eigenvalue weighted by Crippen LogP contribution is -2.15. The van der Waals surface area contributed by atoms with Gasteiger partial charge in [0.2, 0.25) is 0 Å². The molecular weight excluding hydrogens is 400 g/mol. The van der Waals surface area contributed by atoms with Crippen molar-refractivity contribution in [2.24, 2.45) is 0 Å². The molecule has 1 N–H and O–H groups in total. The second kappa shape index (κ2) is 7.89. The first-order valence-corrected chi connectivity index (χ1v) is 9.53. The molecule has 0 saturated heterocycles. The molecule has 0 aliphatic carbocycles. The van der Waals surface area contributed by atoms with Crippen LogP contribution in [0, 0.1) is 5.82 Å². The van der Waals surface area contributed by atoms with Gasteiger partial charge in [0.25, 0.3) is 5.91 Å². The summed E-state index contributed by atoms with van der Waals surface area (Å²) in [4.78, 5) is 12.4. The lowest BCUT2D eigenvalue weighted by Gasteiger charge is -2.11. The molecular formula is C21H18F4N4O. The van der Waals surface area contributed by atoms with Gasteiger partial charge < -0.3 is 9.88 Å². The van der Waals surface area contributed by atoms with E-state index in [1.807, 2.05) is 4.57 Å². The van der Waals surface area contributed by atoms with Crippen LogP contribution in [0.15, 0.2) is 42.5 Å². The lowest BCUT2D eigenvalue weighted by molar-refractivity contribution is -0.137. The van der Waals surface area contributed by atoms with Gasteiger partial charge in [-0.05, 0) is 49.2 Å². The maximum atomic E-state index is 14.3. The number of aryl methyl sites for hydroxylation is 1. The van der Waals surface area contributed by atoms with E-state index in [0.717, 1.165) is 56.3 Å². The number of aromatic nitrogens is 3. The second-order valence-corrected chi connectivity index (χ2v) is 7.13. The normalized spacial score (nSPS) is 14.1. The molecule has 1 aromatic heterocycles. The van der Waals surface area contributed by atoms with E-state index in [-0.39, 0.29) is 11.3 Å². The number of benzene rings is 2. The zero-order chi connectivity index (χ0) is 21.3.